The number of methoxy groups -OCH3 is 1. The predicted octanol–water partition coefficient (Wildman–Crippen LogP) is 2.14. The van der Waals surface area contributed by atoms with Crippen LogP contribution in [0.15, 0.2) is 23.1 Å². The number of thioether (sulfide) groups is 1. The Morgan fingerprint density at radius 2 is 2.07 bits per heavy atom. The molecule has 1 aromatic rings. The highest BCUT2D eigenvalue weighted by Gasteiger charge is 2.13. The van der Waals surface area contributed by atoms with E-state index in [0.29, 0.717) is 5.69 Å². The lowest BCUT2D eigenvalue weighted by molar-refractivity contribution is 0.196. The number of ether oxygens (including phenoxy) is 1. The fourth-order valence-corrected chi connectivity index (χ4v) is 2.08. The third-order valence-corrected chi connectivity index (χ3v) is 3.54. The van der Waals surface area contributed by atoms with Gasteiger partial charge >= 0.3 is 0 Å². The van der Waals surface area contributed by atoms with E-state index in [2.05, 4.69) is 0 Å². The molecule has 3 N–H and O–H groups in total. The normalized spacial score (nSPS) is 14.7. The fraction of sp³-hybridized carbons (Fsp3) is 0.455. The summed E-state index contributed by atoms with van der Waals surface area (Å²) >= 11 is 1.58. The van der Waals surface area contributed by atoms with E-state index >= 15 is 0 Å². The van der Waals surface area contributed by atoms with E-state index in [1.807, 2.05) is 19.1 Å². The van der Waals surface area contributed by atoms with Gasteiger partial charge in [-0.1, -0.05) is 6.92 Å². The van der Waals surface area contributed by atoms with Crippen molar-refractivity contribution in [3.8, 4) is 5.75 Å². The summed E-state index contributed by atoms with van der Waals surface area (Å²) in [5, 5.41) is 9.54. The van der Waals surface area contributed by atoms with Gasteiger partial charge in [0.1, 0.15) is 5.75 Å². The second-order valence-electron chi connectivity index (χ2n) is 3.47. The molecule has 0 radical (unpaired) electrons. The molecule has 0 aliphatic rings. The minimum absolute atomic E-state index is 0.127. The van der Waals surface area contributed by atoms with Crippen molar-refractivity contribution in [1.82, 2.24) is 0 Å². The quantitative estimate of drug-likeness (QED) is 0.611. The van der Waals surface area contributed by atoms with Crippen molar-refractivity contribution in [2.75, 3.05) is 12.8 Å². The number of rotatable bonds is 4. The average molecular weight is 227 g/mol. The number of aliphatic hydroxyl groups excluding tert-OH is 1. The molecule has 84 valence electrons. The first-order valence-electron chi connectivity index (χ1n) is 4.83. The summed E-state index contributed by atoms with van der Waals surface area (Å²) < 4.78 is 5.22. The number of nitrogens with two attached hydrogens (primary N) is 1. The number of hydrogen-bond donors (Lipinski definition) is 2. The molecule has 0 aliphatic carbocycles. The molecule has 0 bridgehead atoms. The first-order valence-corrected chi connectivity index (χ1v) is 5.70. The number of benzene rings is 1. The van der Waals surface area contributed by atoms with Gasteiger partial charge in [-0.25, -0.2) is 0 Å². The Kier molecular flexibility index (Phi) is 4.29. The van der Waals surface area contributed by atoms with Crippen molar-refractivity contribution in [2.45, 2.75) is 30.1 Å². The van der Waals surface area contributed by atoms with Gasteiger partial charge in [0.15, 0.2) is 0 Å². The number of hydrogen-bond acceptors (Lipinski definition) is 4. The van der Waals surface area contributed by atoms with E-state index < -0.39 is 0 Å². The molecule has 0 aromatic heterocycles. The molecule has 1 rings (SSSR count). The van der Waals surface area contributed by atoms with Gasteiger partial charge in [-0.2, -0.15) is 0 Å². The standard InChI is InChI=1S/C11H17NO2S/c1-7(13)8(2)15-11-5-4-9(12)6-10(11)14-3/h4-8,13H,12H2,1-3H3. The maximum absolute atomic E-state index is 9.41. The van der Waals surface area contributed by atoms with Crippen molar-refractivity contribution in [2.24, 2.45) is 0 Å². The topological polar surface area (TPSA) is 55.5 Å². The second-order valence-corrected chi connectivity index (χ2v) is 4.89. The Hall–Kier alpha value is -0.870. The molecular formula is C11H17NO2S. The second kappa shape index (κ2) is 5.28. The van der Waals surface area contributed by atoms with Crippen molar-refractivity contribution >= 4 is 17.4 Å². The van der Waals surface area contributed by atoms with E-state index in [9.17, 15) is 5.11 Å². The molecule has 0 fully saturated rings. The van der Waals surface area contributed by atoms with Gasteiger partial charge in [0.25, 0.3) is 0 Å². The minimum atomic E-state index is -0.350. The van der Waals surface area contributed by atoms with Crippen LogP contribution in [0.4, 0.5) is 5.69 Å². The number of anilines is 1. The Morgan fingerprint density at radius 1 is 1.40 bits per heavy atom. The molecule has 15 heavy (non-hydrogen) atoms. The van der Waals surface area contributed by atoms with Crippen molar-refractivity contribution < 1.29 is 9.84 Å². The summed E-state index contributed by atoms with van der Waals surface area (Å²) in [7, 11) is 1.62. The van der Waals surface area contributed by atoms with Gasteiger partial charge in [-0.3, -0.25) is 0 Å². The third kappa shape index (κ3) is 3.32. The first kappa shape index (κ1) is 12.2. The molecule has 3 nitrogen and oxygen atoms in total. The summed E-state index contributed by atoms with van der Waals surface area (Å²) in [6, 6.07) is 5.54. The van der Waals surface area contributed by atoms with Crippen LogP contribution >= 0.6 is 11.8 Å². The highest BCUT2D eigenvalue weighted by Crippen LogP contribution is 2.34. The van der Waals surface area contributed by atoms with Gasteiger partial charge in [-0.05, 0) is 19.1 Å². The van der Waals surface area contributed by atoms with Gasteiger partial charge < -0.3 is 15.6 Å². The smallest absolute Gasteiger partial charge is 0.134 e. The van der Waals surface area contributed by atoms with Crippen LogP contribution in [0.3, 0.4) is 0 Å². The van der Waals surface area contributed by atoms with E-state index in [-0.39, 0.29) is 11.4 Å². The fourth-order valence-electron chi connectivity index (χ4n) is 1.08. The summed E-state index contributed by atoms with van der Waals surface area (Å²) in [5.74, 6) is 0.757. The maximum atomic E-state index is 9.41. The molecule has 0 heterocycles. The van der Waals surface area contributed by atoms with E-state index in [4.69, 9.17) is 10.5 Å². The molecule has 4 heteroatoms. The first-order chi connectivity index (χ1) is 7.04. The number of nitrogen functional groups attached to an aromatic ring is 1. The van der Waals surface area contributed by atoms with Gasteiger partial charge in [-0.15, -0.1) is 11.8 Å². The lowest BCUT2D eigenvalue weighted by Crippen LogP contribution is -2.14. The molecule has 0 saturated heterocycles. The zero-order valence-electron chi connectivity index (χ0n) is 9.23. The Morgan fingerprint density at radius 3 is 2.60 bits per heavy atom. The Balaban J connectivity index is 2.84. The van der Waals surface area contributed by atoms with E-state index in [0.717, 1.165) is 10.6 Å². The molecule has 0 aliphatic heterocycles. The molecule has 2 unspecified atom stereocenters. The third-order valence-electron chi connectivity index (χ3n) is 2.18. The highest BCUT2D eigenvalue weighted by atomic mass is 32.2. The Labute approximate surface area is 94.6 Å². The molecule has 0 saturated carbocycles. The van der Waals surface area contributed by atoms with Crippen LogP contribution in [-0.4, -0.2) is 23.6 Å². The van der Waals surface area contributed by atoms with Crippen LogP contribution in [0.1, 0.15) is 13.8 Å². The van der Waals surface area contributed by atoms with Gasteiger partial charge in [0.2, 0.25) is 0 Å². The van der Waals surface area contributed by atoms with Crippen molar-refractivity contribution in [3.05, 3.63) is 18.2 Å². The van der Waals surface area contributed by atoms with Crippen LogP contribution in [0.5, 0.6) is 5.75 Å². The molecule has 0 amide bonds. The summed E-state index contributed by atoms with van der Waals surface area (Å²) in [6.07, 6.45) is -0.350. The molecular weight excluding hydrogens is 210 g/mol. The number of aliphatic hydroxyl groups is 1. The van der Waals surface area contributed by atoms with Crippen molar-refractivity contribution in [1.29, 1.82) is 0 Å². The SMILES string of the molecule is COc1cc(N)ccc1SC(C)C(C)O. The molecule has 1 aromatic carbocycles. The van der Waals surface area contributed by atoms with Crippen LogP contribution in [0.25, 0.3) is 0 Å². The zero-order chi connectivity index (χ0) is 11.4. The zero-order valence-corrected chi connectivity index (χ0v) is 10.0. The van der Waals surface area contributed by atoms with Crippen LogP contribution < -0.4 is 10.5 Å². The van der Waals surface area contributed by atoms with Crippen LogP contribution in [-0.2, 0) is 0 Å². The predicted molar refractivity (Wildman–Crippen MR) is 64.4 cm³/mol. The van der Waals surface area contributed by atoms with Crippen LogP contribution in [0, 0.1) is 0 Å². The average Bonchev–Trinajstić information content (AvgIpc) is 2.20. The molecule has 0 spiro atoms. The van der Waals surface area contributed by atoms with Crippen LogP contribution in [0.2, 0.25) is 0 Å². The lowest BCUT2D eigenvalue weighted by atomic mass is 10.3. The molecule has 2 atom stereocenters. The van der Waals surface area contributed by atoms with E-state index in [1.165, 1.54) is 0 Å². The Bertz CT molecular complexity index is 328. The minimum Gasteiger partial charge on any atom is -0.496 e. The summed E-state index contributed by atoms with van der Waals surface area (Å²) in [4.78, 5) is 1.00. The summed E-state index contributed by atoms with van der Waals surface area (Å²) in [6.45, 7) is 3.76. The van der Waals surface area contributed by atoms with E-state index in [1.54, 1.807) is 31.9 Å². The summed E-state index contributed by atoms with van der Waals surface area (Å²) in [5.41, 5.74) is 6.34. The maximum Gasteiger partial charge on any atom is 0.134 e. The van der Waals surface area contributed by atoms with Crippen molar-refractivity contribution in [3.63, 3.8) is 0 Å². The lowest BCUT2D eigenvalue weighted by Gasteiger charge is -2.16. The van der Waals surface area contributed by atoms with Gasteiger partial charge in [0.05, 0.1) is 13.2 Å². The monoisotopic (exact) mass is 227 g/mol. The largest absolute Gasteiger partial charge is 0.496 e. The highest BCUT2D eigenvalue weighted by molar-refractivity contribution is 8.00. The van der Waals surface area contributed by atoms with Gasteiger partial charge in [0, 0.05) is 21.9 Å².